The summed E-state index contributed by atoms with van der Waals surface area (Å²) in [6.07, 6.45) is 18.6. The van der Waals surface area contributed by atoms with E-state index in [1.807, 2.05) is 0 Å². The fourth-order valence-electron chi connectivity index (χ4n) is 2.22. The first-order chi connectivity index (χ1) is 8.63. The average Bonchev–Trinajstić information content (AvgIpc) is 2.29. The van der Waals surface area contributed by atoms with E-state index in [1.54, 1.807) is 0 Å². The highest BCUT2D eigenvalue weighted by molar-refractivity contribution is 4.81. The molecule has 0 aromatic carbocycles. The topological polar surface area (TPSA) is 0 Å². The van der Waals surface area contributed by atoms with Gasteiger partial charge in [-0.1, -0.05) is 78.4 Å². The Kier molecular flexibility index (Phi) is 13.0. The molecule has 0 unspecified atom stereocenters. The highest BCUT2D eigenvalue weighted by Crippen LogP contribution is 2.11. The molecule has 0 spiro atoms. The molecule has 0 bridgehead atoms. The Hall–Kier alpha value is -0.260. The number of allylic oxidation sites excluding steroid dienone is 2. The fourth-order valence-corrected chi connectivity index (χ4v) is 2.22. The van der Waals surface area contributed by atoms with E-state index in [-0.39, 0.29) is 0 Å². The molecule has 0 saturated carbocycles. The Labute approximate surface area is 116 Å². The van der Waals surface area contributed by atoms with Gasteiger partial charge >= 0.3 is 0 Å². The van der Waals surface area contributed by atoms with Crippen molar-refractivity contribution < 1.29 is 0 Å². The van der Waals surface area contributed by atoms with Crippen LogP contribution in [0.1, 0.15) is 91.9 Å². The highest BCUT2D eigenvalue weighted by atomic mass is 14.0. The maximum Gasteiger partial charge on any atom is -0.0351 e. The highest BCUT2D eigenvalue weighted by Gasteiger charge is 1.94. The van der Waals surface area contributed by atoms with E-state index in [0.29, 0.717) is 0 Å². The van der Waals surface area contributed by atoms with Crippen LogP contribution in [0.5, 0.6) is 0 Å². The predicted octanol–water partition coefficient (Wildman–Crippen LogP) is 6.76. The van der Waals surface area contributed by atoms with Crippen LogP contribution in [0, 0.1) is 11.8 Å². The third-order valence-corrected chi connectivity index (χ3v) is 3.47. The van der Waals surface area contributed by atoms with Crippen LogP contribution in [0.15, 0.2) is 12.2 Å². The maximum absolute atomic E-state index is 2.40. The summed E-state index contributed by atoms with van der Waals surface area (Å²) in [5, 5.41) is 0. The van der Waals surface area contributed by atoms with Crippen LogP contribution < -0.4 is 0 Å². The Morgan fingerprint density at radius 3 is 1.28 bits per heavy atom. The first-order valence-electron chi connectivity index (χ1n) is 8.28. The minimum Gasteiger partial charge on any atom is -0.0885 e. The van der Waals surface area contributed by atoms with Gasteiger partial charge in [0.05, 0.1) is 0 Å². The molecule has 0 aliphatic rings. The molecule has 0 aliphatic carbocycles. The van der Waals surface area contributed by atoms with Crippen LogP contribution in [0.25, 0.3) is 0 Å². The number of rotatable bonds is 12. The monoisotopic (exact) mass is 252 g/mol. The molecule has 0 heteroatoms. The molecule has 0 fully saturated rings. The molecule has 0 aromatic rings. The predicted molar refractivity (Wildman–Crippen MR) is 85.0 cm³/mol. The largest absolute Gasteiger partial charge is 0.0885 e. The van der Waals surface area contributed by atoms with Crippen molar-refractivity contribution in [2.24, 2.45) is 11.8 Å². The SMILES string of the molecule is CC(C)CCCCC/C=C/CCCCCC(C)C. The van der Waals surface area contributed by atoms with E-state index in [0.717, 1.165) is 11.8 Å². The molecule has 0 radical (unpaired) electrons. The van der Waals surface area contributed by atoms with Crippen molar-refractivity contribution in [1.82, 2.24) is 0 Å². The molecule has 0 saturated heterocycles. The standard InChI is InChI=1S/C18H36/c1-17(2)15-13-11-9-7-5-6-8-10-12-14-16-18(3)4/h5-6,17-18H,7-16H2,1-4H3/b6-5+. The summed E-state index contributed by atoms with van der Waals surface area (Å²) in [7, 11) is 0. The van der Waals surface area contributed by atoms with Gasteiger partial charge in [0.25, 0.3) is 0 Å². The first kappa shape index (κ1) is 17.7. The van der Waals surface area contributed by atoms with Crippen LogP contribution in [0.4, 0.5) is 0 Å². The third kappa shape index (κ3) is 15.7. The molecule has 0 heterocycles. The molecule has 18 heavy (non-hydrogen) atoms. The van der Waals surface area contributed by atoms with Crippen LogP contribution in [-0.2, 0) is 0 Å². The second-order valence-electron chi connectivity index (χ2n) is 6.54. The first-order valence-corrected chi connectivity index (χ1v) is 8.28. The zero-order valence-corrected chi connectivity index (χ0v) is 13.4. The van der Waals surface area contributed by atoms with Gasteiger partial charge in [-0.25, -0.2) is 0 Å². The van der Waals surface area contributed by atoms with Crippen molar-refractivity contribution in [2.75, 3.05) is 0 Å². The summed E-state index contributed by atoms with van der Waals surface area (Å²) in [5.41, 5.74) is 0. The average molecular weight is 252 g/mol. The summed E-state index contributed by atoms with van der Waals surface area (Å²) in [4.78, 5) is 0. The minimum atomic E-state index is 0.881. The molecule has 0 N–H and O–H groups in total. The smallest absolute Gasteiger partial charge is 0.0351 e. The minimum absolute atomic E-state index is 0.881. The molecule has 0 rings (SSSR count). The van der Waals surface area contributed by atoms with E-state index in [4.69, 9.17) is 0 Å². The van der Waals surface area contributed by atoms with Crippen molar-refractivity contribution in [3.8, 4) is 0 Å². The van der Waals surface area contributed by atoms with E-state index < -0.39 is 0 Å². The Bertz CT molecular complexity index is 156. The zero-order valence-electron chi connectivity index (χ0n) is 13.4. The van der Waals surface area contributed by atoms with Gasteiger partial charge in [-0.2, -0.15) is 0 Å². The fraction of sp³-hybridized carbons (Fsp3) is 0.889. The quantitative estimate of drug-likeness (QED) is 0.266. The van der Waals surface area contributed by atoms with Crippen molar-refractivity contribution >= 4 is 0 Å². The van der Waals surface area contributed by atoms with E-state index in [1.165, 1.54) is 64.2 Å². The molecule has 0 atom stereocenters. The van der Waals surface area contributed by atoms with Crippen LogP contribution in [0.2, 0.25) is 0 Å². The lowest BCUT2D eigenvalue weighted by molar-refractivity contribution is 0.526. The van der Waals surface area contributed by atoms with Gasteiger partial charge in [0, 0.05) is 0 Å². The van der Waals surface area contributed by atoms with Crippen molar-refractivity contribution in [2.45, 2.75) is 91.9 Å². The van der Waals surface area contributed by atoms with Gasteiger partial charge in [0.2, 0.25) is 0 Å². The zero-order chi connectivity index (χ0) is 13.6. The van der Waals surface area contributed by atoms with Gasteiger partial charge in [-0.05, 0) is 37.5 Å². The van der Waals surface area contributed by atoms with Crippen LogP contribution in [0.3, 0.4) is 0 Å². The molecule has 0 amide bonds. The molecule has 108 valence electrons. The summed E-state index contributed by atoms with van der Waals surface area (Å²) in [6, 6.07) is 0. The molecule has 0 nitrogen and oxygen atoms in total. The van der Waals surface area contributed by atoms with Gasteiger partial charge in [-0.3, -0.25) is 0 Å². The summed E-state index contributed by atoms with van der Waals surface area (Å²) >= 11 is 0. The molecular weight excluding hydrogens is 216 g/mol. The van der Waals surface area contributed by atoms with Crippen molar-refractivity contribution in [1.29, 1.82) is 0 Å². The summed E-state index contributed by atoms with van der Waals surface area (Å²) < 4.78 is 0. The van der Waals surface area contributed by atoms with Crippen molar-refractivity contribution in [3.63, 3.8) is 0 Å². The summed E-state index contributed by atoms with van der Waals surface area (Å²) in [5.74, 6) is 1.76. The normalized spacial score (nSPS) is 12.1. The lowest BCUT2D eigenvalue weighted by Gasteiger charge is -2.03. The van der Waals surface area contributed by atoms with Gasteiger partial charge in [0.15, 0.2) is 0 Å². The summed E-state index contributed by atoms with van der Waals surface area (Å²) in [6.45, 7) is 9.27. The number of unbranched alkanes of at least 4 members (excludes halogenated alkanes) is 6. The molecular formula is C18H36. The van der Waals surface area contributed by atoms with E-state index in [9.17, 15) is 0 Å². The Morgan fingerprint density at radius 1 is 0.556 bits per heavy atom. The second-order valence-corrected chi connectivity index (χ2v) is 6.54. The number of hydrogen-bond donors (Lipinski definition) is 0. The van der Waals surface area contributed by atoms with Gasteiger partial charge in [-0.15, -0.1) is 0 Å². The van der Waals surface area contributed by atoms with Gasteiger partial charge in [0.1, 0.15) is 0 Å². The van der Waals surface area contributed by atoms with Crippen LogP contribution >= 0.6 is 0 Å². The van der Waals surface area contributed by atoms with Gasteiger partial charge < -0.3 is 0 Å². The second kappa shape index (κ2) is 13.2. The number of hydrogen-bond acceptors (Lipinski definition) is 0. The van der Waals surface area contributed by atoms with E-state index in [2.05, 4.69) is 39.8 Å². The maximum atomic E-state index is 2.40. The van der Waals surface area contributed by atoms with Crippen LogP contribution in [-0.4, -0.2) is 0 Å². The lowest BCUT2D eigenvalue weighted by atomic mass is 10.0. The van der Waals surface area contributed by atoms with Crippen molar-refractivity contribution in [3.05, 3.63) is 12.2 Å². The Balaban J connectivity index is 3.09. The Morgan fingerprint density at radius 2 is 0.944 bits per heavy atom. The molecule has 0 aliphatic heterocycles. The lowest BCUT2D eigenvalue weighted by Crippen LogP contribution is -1.86. The van der Waals surface area contributed by atoms with E-state index >= 15 is 0 Å². The molecule has 0 aromatic heterocycles. The third-order valence-electron chi connectivity index (χ3n) is 3.47.